The van der Waals surface area contributed by atoms with Crippen LogP contribution in [-0.4, -0.2) is 36.6 Å². The minimum Gasteiger partial charge on any atom is -0.304 e. The van der Waals surface area contributed by atoms with Crippen LogP contribution < -0.4 is 10.6 Å². The smallest absolute Gasteiger partial charge is 0.304 e. The van der Waals surface area contributed by atoms with Crippen LogP contribution >= 0.6 is 0 Å². The Kier molecular flexibility index (Phi) is 3.88. The molecule has 1 aliphatic rings. The zero-order chi connectivity index (χ0) is 13.4. The molecule has 0 aromatic heterocycles. The van der Waals surface area contributed by atoms with Crippen molar-refractivity contribution in [2.75, 3.05) is 6.54 Å². The zero-order valence-corrected chi connectivity index (χ0v) is 10.5. The molecule has 0 spiro atoms. The van der Waals surface area contributed by atoms with Crippen LogP contribution in [0.3, 0.4) is 0 Å². The van der Waals surface area contributed by atoms with E-state index in [1.54, 1.807) is 27.7 Å². The molecule has 3 unspecified atom stereocenters. The second kappa shape index (κ2) is 4.57. The summed E-state index contributed by atoms with van der Waals surface area (Å²) in [6.07, 6.45) is -4.28. The first-order chi connectivity index (χ1) is 7.53. The van der Waals surface area contributed by atoms with Crippen LogP contribution in [0.5, 0.6) is 0 Å². The summed E-state index contributed by atoms with van der Waals surface area (Å²) in [6.45, 7) is 6.62. The average molecular weight is 252 g/mol. The van der Waals surface area contributed by atoms with Gasteiger partial charge in [0.15, 0.2) is 5.78 Å². The van der Waals surface area contributed by atoms with Crippen molar-refractivity contribution < 1.29 is 18.0 Å². The van der Waals surface area contributed by atoms with E-state index in [1.165, 1.54) is 0 Å². The Balaban J connectivity index is 2.70. The molecular weight excluding hydrogens is 233 g/mol. The molecule has 1 fully saturated rings. The summed E-state index contributed by atoms with van der Waals surface area (Å²) in [6, 6.07) is -2.67. The number of carbonyl (C=O) groups is 1. The van der Waals surface area contributed by atoms with E-state index >= 15 is 0 Å². The molecule has 0 aliphatic carbocycles. The van der Waals surface area contributed by atoms with Gasteiger partial charge in [-0.2, -0.15) is 13.2 Å². The quantitative estimate of drug-likeness (QED) is 0.742. The van der Waals surface area contributed by atoms with Crippen LogP contribution in [0.4, 0.5) is 13.2 Å². The Morgan fingerprint density at radius 1 is 1.24 bits per heavy atom. The average Bonchev–Trinajstić information content (AvgIpc) is 2.13. The molecule has 0 aromatic carbocycles. The Labute approximate surface area is 99.1 Å². The van der Waals surface area contributed by atoms with Crippen molar-refractivity contribution in [3.63, 3.8) is 0 Å². The standard InChI is InChI=1S/C11H19F3N2O/c1-6-8(9(17)10(2,3)4)15-5-7(16-6)11(12,13)14/h6-8,15-16H,5H2,1-4H3. The molecule has 3 atom stereocenters. The fraction of sp³-hybridized carbons (Fsp3) is 0.909. The van der Waals surface area contributed by atoms with Crippen molar-refractivity contribution in [3.8, 4) is 0 Å². The second-order valence-electron chi connectivity index (χ2n) is 5.55. The van der Waals surface area contributed by atoms with Gasteiger partial charge >= 0.3 is 6.18 Å². The van der Waals surface area contributed by atoms with Gasteiger partial charge in [-0.3, -0.25) is 4.79 Å². The van der Waals surface area contributed by atoms with Gasteiger partial charge in [0.05, 0.1) is 6.04 Å². The summed E-state index contributed by atoms with van der Waals surface area (Å²) in [4.78, 5) is 12.0. The normalized spacial score (nSPS) is 31.4. The van der Waals surface area contributed by atoms with Crippen LogP contribution in [0.15, 0.2) is 0 Å². The van der Waals surface area contributed by atoms with Gasteiger partial charge in [-0.15, -0.1) is 0 Å². The third-order valence-corrected chi connectivity index (χ3v) is 2.92. The van der Waals surface area contributed by atoms with Crippen molar-refractivity contribution in [2.24, 2.45) is 5.41 Å². The molecule has 1 rings (SSSR count). The van der Waals surface area contributed by atoms with E-state index in [1.807, 2.05) is 0 Å². The maximum atomic E-state index is 12.5. The minimum absolute atomic E-state index is 0.0712. The number of rotatable bonds is 1. The van der Waals surface area contributed by atoms with Crippen molar-refractivity contribution in [1.82, 2.24) is 10.6 Å². The molecule has 1 heterocycles. The molecule has 17 heavy (non-hydrogen) atoms. The number of piperazine rings is 1. The number of alkyl halides is 3. The van der Waals surface area contributed by atoms with Crippen LogP contribution in [0.1, 0.15) is 27.7 Å². The Morgan fingerprint density at radius 3 is 2.12 bits per heavy atom. The van der Waals surface area contributed by atoms with Crippen LogP contribution in [0, 0.1) is 5.41 Å². The SMILES string of the molecule is CC1NC(C(F)(F)F)CNC1C(=O)C(C)(C)C. The van der Waals surface area contributed by atoms with E-state index in [-0.39, 0.29) is 12.3 Å². The van der Waals surface area contributed by atoms with Gasteiger partial charge in [0.1, 0.15) is 6.04 Å². The largest absolute Gasteiger partial charge is 0.405 e. The number of hydrogen-bond acceptors (Lipinski definition) is 3. The zero-order valence-electron chi connectivity index (χ0n) is 10.5. The fourth-order valence-electron chi connectivity index (χ4n) is 1.89. The maximum absolute atomic E-state index is 12.5. The monoisotopic (exact) mass is 252 g/mol. The van der Waals surface area contributed by atoms with Gasteiger partial charge < -0.3 is 10.6 Å². The van der Waals surface area contributed by atoms with Crippen molar-refractivity contribution in [2.45, 2.75) is 52.0 Å². The van der Waals surface area contributed by atoms with E-state index in [0.717, 1.165) is 0 Å². The fourth-order valence-corrected chi connectivity index (χ4v) is 1.89. The molecule has 0 aromatic rings. The van der Waals surface area contributed by atoms with E-state index in [9.17, 15) is 18.0 Å². The van der Waals surface area contributed by atoms with Gasteiger partial charge in [0.25, 0.3) is 0 Å². The molecule has 0 radical (unpaired) electrons. The summed E-state index contributed by atoms with van der Waals surface area (Å²) >= 11 is 0. The molecule has 2 N–H and O–H groups in total. The van der Waals surface area contributed by atoms with Crippen molar-refractivity contribution >= 4 is 5.78 Å². The van der Waals surface area contributed by atoms with Gasteiger partial charge in [-0.1, -0.05) is 20.8 Å². The van der Waals surface area contributed by atoms with E-state index < -0.39 is 29.7 Å². The molecule has 0 saturated carbocycles. The lowest BCUT2D eigenvalue weighted by molar-refractivity contribution is -0.163. The number of ketones is 1. The lowest BCUT2D eigenvalue weighted by Gasteiger charge is -2.38. The molecule has 1 aliphatic heterocycles. The third kappa shape index (κ3) is 3.42. The summed E-state index contributed by atoms with van der Waals surface area (Å²) in [5.41, 5.74) is -0.557. The first-order valence-corrected chi connectivity index (χ1v) is 5.64. The summed E-state index contributed by atoms with van der Waals surface area (Å²) in [7, 11) is 0. The number of carbonyl (C=O) groups excluding carboxylic acids is 1. The van der Waals surface area contributed by atoms with Gasteiger partial charge in [0.2, 0.25) is 0 Å². The Morgan fingerprint density at radius 2 is 1.76 bits per heavy atom. The van der Waals surface area contributed by atoms with Crippen molar-refractivity contribution in [3.05, 3.63) is 0 Å². The topological polar surface area (TPSA) is 41.1 Å². The third-order valence-electron chi connectivity index (χ3n) is 2.92. The van der Waals surface area contributed by atoms with E-state index in [2.05, 4.69) is 10.6 Å². The molecular formula is C11H19F3N2O. The molecule has 100 valence electrons. The summed E-state index contributed by atoms with van der Waals surface area (Å²) in [5, 5.41) is 5.15. The minimum atomic E-state index is -4.28. The first kappa shape index (κ1) is 14.4. The summed E-state index contributed by atoms with van der Waals surface area (Å²) in [5.74, 6) is -0.0712. The van der Waals surface area contributed by atoms with Crippen LogP contribution in [-0.2, 0) is 4.79 Å². The lowest BCUT2D eigenvalue weighted by Crippen LogP contribution is -2.67. The van der Waals surface area contributed by atoms with Gasteiger partial charge in [-0.25, -0.2) is 0 Å². The highest BCUT2D eigenvalue weighted by Crippen LogP contribution is 2.25. The molecule has 0 amide bonds. The predicted molar refractivity (Wildman–Crippen MR) is 58.7 cm³/mol. The van der Waals surface area contributed by atoms with Crippen LogP contribution in [0.25, 0.3) is 0 Å². The highest BCUT2D eigenvalue weighted by Gasteiger charge is 2.46. The summed E-state index contributed by atoms with van der Waals surface area (Å²) < 4.78 is 37.5. The second-order valence-corrected chi connectivity index (χ2v) is 5.55. The Hall–Kier alpha value is -0.620. The number of halogens is 3. The number of Topliss-reactive ketones (excluding diaryl/α,β-unsaturated/α-hetero) is 1. The first-order valence-electron chi connectivity index (χ1n) is 5.64. The molecule has 0 bridgehead atoms. The van der Waals surface area contributed by atoms with Crippen LogP contribution in [0.2, 0.25) is 0 Å². The molecule has 6 heteroatoms. The predicted octanol–water partition coefficient (Wildman–Crippen LogP) is 1.48. The Bertz CT molecular complexity index is 296. The number of nitrogens with one attached hydrogen (secondary N) is 2. The van der Waals surface area contributed by atoms with Crippen molar-refractivity contribution in [1.29, 1.82) is 0 Å². The lowest BCUT2D eigenvalue weighted by atomic mass is 9.83. The van der Waals surface area contributed by atoms with E-state index in [0.29, 0.717) is 0 Å². The number of hydrogen-bond donors (Lipinski definition) is 2. The van der Waals surface area contributed by atoms with E-state index in [4.69, 9.17) is 0 Å². The highest BCUT2D eigenvalue weighted by molar-refractivity contribution is 5.89. The van der Waals surface area contributed by atoms with Gasteiger partial charge in [0, 0.05) is 18.0 Å². The molecule has 1 saturated heterocycles. The van der Waals surface area contributed by atoms with Gasteiger partial charge in [-0.05, 0) is 6.92 Å². The maximum Gasteiger partial charge on any atom is 0.405 e. The highest BCUT2D eigenvalue weighted by atomic mass is 19.4. The molecule has 3 nitrogen and oxygen atoms in total.